The molecule has 1 unspecified atom stereocenters. The van der Waals surface area contributed by atoms with Crippen LogP contribution in [0.25, 0.3) is 0 Å². The second kappa shape index (κ2) is 6.89. The Balaban J connectivity index is 2.48. The molecule has 3 nitrogen and oxygen atoms in total. The largest absolute Gasteiger partial charge is 0.355 e. The Kier molecular flexibility index (Phi) is 5.50. The van der Waals surface area contributed by atoms with Crippen LogP contribution in [-0.2, 0) is 11.2 Å². The van der Waals surface area contributed by atoms with Crippen molar-refractivity contribution >= 4 is 5.91 Å². The van der Waals surface area contributed by atoms with Gasteiger partial charge in [-0.3, -0.25) is 4.79 Å². The van der Waals surface area contributed by atoms with E-state index in [0.717, 1.165) is 5.56 Å². The molecule has 0 aliphatic rings. The van der Waals surface area contributed by atoms with Gasteiger partial charge in [-0.2, -0.15) is 5.26 Å². The maximum atomic E-state index is 13.1. The summed E-state index contributed by atoms with van der Waals surface area (Å²) in [6.45, 7) is 5.85. The first-order valence-corrected chi connectivity index (χ1v) is 6.38. The summed E-state index contributed by atoms with van der Waals surface area (Å²) in [6, 6.07) is 6.91. The molecule has 102 valence electrons. The third-order valence-corrected chi connectivity index (χ3v) is 3.02. The van der Waals surface area contributed by atoms with Crippen molar-refractivity contribution in [3.8, 4) is 6.07 Å². The molecule has 1 aromatic carbocycles. The van der Waals surface area contributed by atoms with Gasteiger partial charge in [-0.1, -0.05) is 26.0 Å². The number of benzene rings is 1. The van der Waals surface area contributed by atoms with Crippen LogP contribution >= 0.6 is 0 Å². The highest BCUT2D eigenvalue weighted by Crippen LogP contribution is 2.11. The van der Waals surface area contributed by atoms with Crippen molar-refractivity contribution in [3.63, 3.8) is 0 Å². The van der Waals surface area contributed by atoms with Crippen LogP contribution in [-0.4, -0.2) is 12.5 Å². The lowest BCUT2D eigenvalue weighted by molar-refractivity contribution is -0.124. The Labute approximate surface area is 113 Å². The molecule has 0 saturated carbocycles. The quantitative estimate of drug-likeness (QED) is 0.886. The van der Waals surface area contributed by atoms with E-state index in [1.165, 1.54) is 6.07 Å². The van der Waals surface area contributed by atoms with Crippen LogP contribution in [0.4, 0.5) is 4.39 Å². The minimum atomic E-state index is -0.616. The fourth-order valence-corrected chi connectivity index (χ4v) is 1.81. The third-order valence-electron chi connectivity index (χ3n) is 3.02. The average molecular weight is 262 g/mol. The molecule has 1 rings (SSSR count). The van der Waals surface area contributed by atoms with E-state index in [9.17, 15) is 9.18 Å². The fraction of sp³-hybridized carbons (Fsp3) is 0.467. The summed E-state index contributed by atoms with van der Waals surface area (Å²) in [5.41, 5.74) is 1.57. The van der Waals surface area contributed by atoms with Gasteiger partial charge in [-0.25, -0.2) is 4.39 Å². The monoisotopic (exact) mass is 262 g/mol. The predicted octanol–water partition coefficient (Wildman–Crippen LogP) is 2.59. The highest BCUT2D eigenvalue weighted by atomic mass is 19.1. The maximum Gasteiger partial charge on any atom is 0.237 e. The third kappa shape index (κ3) is 4.36. The molecule has 4 heteroatoms. The molecule has 1 aromatic rings. The summed E-state index contributed by atoms with van der Waals surface area (Å²) in [7, 11) is 0. The molecule has 0 bridgehead atoms. The van der Waals surface area contributed by atoms with Crippen LogP contribution in [0, 0.1) is 35.9 Å². The summed E-state index contributed by atoms with van der Waals surface area (Å²) in [6.07, 6.45) is 0.628. The molecule has 19 heavy (non-hydrogen) atoms. The van der Waals surface area contributed by atoms with Gasteiger partial charge in [0.05, 0.1) is 6.07 Å². The van der Waals surface area contributed by atoms with Crippen LogP contribution in [0.3, 0.4) is 0 Å². The van der Waals surface area contributed by atoms with Gasteiger partial charge < -0.3 is 5.32 Å². The van der Waals surface area contributed by atoms with Crippen molar-refractivity contribution in [1.29, 1.82) is 5.26 Å². The molecule has 0 fully saturated rings. The van der Waals surface area contributed by atoms with Crippen molar-refractivity contribution in [2.75, 3.05) is 6.54 Å². The Bertz CT molecular complexity index is 491. The lowest BCUT2D eigenvalue weighted by atomic mass is 9.96. The number of nitrogens with zero attached hydrogens (tertiary/aromatic N) is 1. The molecule has 1 amide bonds. The number of halogens is 1. The number of nitriles is 1. The van der Waals surface area contributed by atoms with Crippen LogP contribution in [0.2, 0.25) is 0 Å². The first-order valence-electron chi connectivity index (χ1n) is 6.38. The number of nitrogens with one attached hydrogen (secondary N) is 1. The minimum Gasteiger partial charge on any atom is -0.355 e. The van der Waals surface area contributed by atoms with Gasteiger partial charge in [0, 0.05) is 6.54 Å². The zero-order chi connectivity index (χ0) is 14.4. The van der Waals surface area contributed by atoms with Crippen LogP contribution < -0.4 is 5.32 Å². The molecule has 1 atom stereocenters. The van der Waals surface area contributed by atoms with Gasteiger partial charge in [0.2, 0.25) is 5.91 Å². The summed E-state index contributed by atoms with van der Waals surface area (Å²) < 4.78 is 13.1. The van der Waals surface area contributed by atoms with E-state index in [1.54, 1.807) is 19.1 Å². The molecule has 0 radical (unpaired) electrons. The fourth-order valence-electron chi connectivity index (χ4n) is 1.81. The Hall–Kier alpha value is -1.89. The normalized spacial score (nSPS) is 12.0. The van der Waals surface area contributed by atoms with E-state index < -0.39 is 5.92 Å². The van der Waals surface area contributed by atoms with Crippen LogP contribution in [0.5, 0.6) is 0 Å². The minimum absolute atomic E-state index is 0.00179. The summed E-state index contributed by atoms with van der Waals surface area (Å²) in [5.74, 6) is -1.08. The second-order valence-corrected chi connectivity index (χ2v) is 4.98. The molecular formula is C15H19FN2O. The molecule has 0 spiro atoms. The van der Waals surface area contributed by atoms with Crippen molar-refractivity contribution < 1.29 is 9.18 Å². The summed E-state index contributed by atoms with van der Waals surface area (Å²) in [4.78, 5) is 11.7. The van der Waals surface area contributed by atoms with E-state index in [2.05, 4.69) is 5.32 Å². The molecule has 0 saturated heterocycles. The van der Waals surface area contributed by atoms with Gasteiger partial charge in [-0.15, -0.1) is 0 Å². The first kappa shape index (κ1) is 15.2. The molecule has 1 N–H and O–H groups in total. The number of hydrogen-bond donors (Lipinski definition) is 1. The number of carbonyl (C=O) groups excluding carboxylic acids is 1. The van der Waals surface area contributed by atoms with Gasteiger partial charge in [-0.05, 0) is 36.5 Å². The highest BCUT2D eigenvalue weighted by Gasteiger charge is 2.20. The summed E-state index contributed by atoms with van der Waals surface area (Å²) in [5, 5.41) is 11.6. The van der Waals surface area contributed by atoms with E-state index in [1.807, 2.05) is 19.9 Å². The number of amides is 1. The van der Waals surface area contributed by atoms with Gasteiger partial charge in [0.15, 0.2) is 0 Å². The standard InChI is InChI=1S/C15H19FN2O/c1-10(2)13(9-17)15(19)18-7-6-12-4-5-14(16)11(3)8-12/h4-5,8,10,13H,6-7H2,1-3H3,(H,18,19). The maximum absolute atomic E-state index is 13.1. The Morgan fingerprint density at radius 1 is 1.47 bits per heavy atom. The lowest BCUT2D eigenvalue weighted by Gasteiger charge is -2.13. The Morgan fingerprint density at radius 2 is 2.16 bits per heavy atom. The van der Waals surface area contributed by atoms with Crippen molar-refractivity contribution in [1.82, 2.24) is 5.32 Å². The van der Waals surface area contributed by atoms with Gasteiger partial charge in [0.25, 0.3) is 0 Å². The zero-order valence-corrected chi connectivity index (χ0v) is 11.5. The number of rotatable bonds is 5. The zero-order valence-electron chi connectivity index (χ0n) is 11.5. The number of carbonyl (C=O) groups is 1. The molecule has 0 aliphatic heterocycles. The summed E-state index contributed by atoms with van der Waals surface area (Å²) >= 11 is 0. The van der Waals surface area contributed by atoms with Crippen molar-refractivity contribution in [3.05, 3.63) is 35.1 Å². The van der Waals surface area contributed by atoms with E-state index in [4.69, 9.17) is 5.26 Å². The molecule has 0 heterocycles. The number of aryl methyl sites for hydroxylation is 1. The lowest BCUT2D eigenvalue weighted by Crippen LogP contribution is -2.34. The molecular weight excluding hydrogens is 243 g/mol. The first-order chi connectivity index (χ1) is 8.95. The van der Waals surface area contributed by atoms with Gasteiger partial charge in [0.1, 0.15) is 11.7 Å². The average Bonchev–Trinajstić information content (AvgIpc) is 2.34. The molecule has 0 aromatic heterocycles. The SMILES string of the molecule is Cc1cc(CCNC(=O)C(C#N)C(C)C)ccc1F. The topological polar surface area (TPSA) is 52.9 Å². The van der Waals surface area contributed by atoms with Gasteiger partial charge >= 0.3 is 0 Å². The predicted molar refractivity (Wildman–Crippen MR) is 71.8 cm³/mol. The van der Waals surface area contributed by atoms with Crippen molar-refractivity contribution in [2.45, 2.75) is 27.2 Å². The van der Waals surface area contributed by atoms with Crippen LogP contribution in [0.1, 0.15) is 25.0 Å². The molecule has 0 aliphatic carbocycles. The van der Waals surface area contributed by atoms with E-state index in [-0.39, 0.29) is 17.6 Å². The van der Waals surface area contributed by atoms with E-state index in [0.29, 0.717) is 18.5 Å². The van der Waals surface area contributed by atoms with Crippen molar-refractivity contribution in [2.24, 2.45) is 11.8 Å². The highest BCUT2D eigenvalue weighted by molar-refractivity contribution is 5.81. The Morgan fingerprint density at radius 3 is 2.68 bits per heavy atom. The van der Waals surface area contributed by atoms with Crippen LogP contribution in [0.15, 0.2) is 18.2 Å². The van der Waals surface area contributed by atoms with E-state index >= 15 is 0 Å². The smallest absolute Gasteiger partial charge is 0.237 e. The number of hydrogen-bond acceptors (Lipinski definition) is 2. The second-order valence-electron chi connectivity index (χ2n) is 4.98.